The van der Waals surface area contributed by atoms with Crippen LogP contribution in [0.4, 0.5) is 0 Å². The second-order valence-electron chi connectivity index (χ2n) is 4.40. The first kappa shape index (κ1) is 12.8. The minimum atomic E-state index is 0.276. The standard InChI is InChI=1S/C14H14BrN3S/c1-16-13(10-7-19-8-11(10)15)6-18-9-17-12-4-2-3-5-14(12)18/h2-5,7-9,13,16H,6H2,1H3. The lowest BCUT2D eigenvalue weighted by molar-refractivity contribution is 0.508. The molecular weight excluding hydrogens is 322 g/mol. The number of aromatic nitrogens is 2. The predicted octanol–water partition coefficient (Wildman–Crippen LogP) is 3.82. The van der Waals surface area contributed by atoms with E-state index in [1.807, 2.05) is 25.5 Å². The van der Waals surface area contributed by atoms with Crippen LogP contribution in [0.5, 0.6) is 0 Å². The van der Waals surface area contributed by atoms with Crippen LogP contribution in [-0.4, -0.2) is 16.6 Å². The van der Waals surface area contributed by atoms with Crippen molar-refractivity contribution < 1.29 is 0 Å². The molecule has 0 aliphatic rings. The normalized spacial score (nSPS) is 12.9. The minimum absolute atomic E-state index is 0.276. The number of thiophene rings is 1. The quantitative estimate of drug-likeness (QED) is 0.785. The average Bonchev–Trinajstić information content (AvgIpc) is 3.03. The Bertz CT molecular complexity index is 689. The number of nitrogens with zero attached hydrogens (tertiary/aromatic N) is 2. The van der Waals surface area contributed by atoms with Gasteiger partial charge in [-0.3, -0.25) is 0 Å². The van der Waals surface area contributed by atoms with Crippen LogP contribution in [0.25, 0.3) is 11.0 Å². The predicted molar refractivity (Wildman–Crippen MR) is 83.6 cm³/mol. The van der Waals surface area contributed by atoms with E-state index in [1.165, 1.54) is 15.6 Å². The number of fused-ring (bicyclic) bond motifs is 1. The number of hydrogen-bond acceptors (Lipinski definition) is 3. The maximum atomic E-state index is 4.44. The third-order valence-corrected chi connectivity index (χ3v) is 5.02. The fourth-order valence-corrected chi connectivity index (χ4v) is 3.87. The highest BCUT2D eigenvalue weighted by Gasteiger charge is 2.15. The summed E-state index contributed by atoms with van der Waals surface area (Å²) < 4.78 is 3.36. The van der Waals surface area contributed by atoms with E-state index in [0.29, 0.717) is 0 Å². The summed E-state index contributed by atoms with van der Waals surface area (Å²) in [5.74, 6) is 0. The summed E-state index contributed by atoms with van der Waals surface area (Å²) in [4.78, 5) is 4.44. The van der Waals surface area contributed by atoms with Gasteiger partial charge in [-0.15, -0.1) is 0 Å². The van der Waals surface area contributed by atoms with Gasteiger partial charge in [-0.1, -0.05) is 12.1 Å². The molecule has 0 aliphatic heterocycles. The number of nitrogens with one attached hydrogen (secondary N) is 1. The molecule has 3 nitrogen and oxygen atoms in total. The van der Waals surface area contributed by atoms with Gasteiger partial charge in [-0.25, -0.2) is 4.98 Å². The van der Waals surface area contributed by atoms with Crippen molar-refractivity contribution in [1.29, 1.82) is 0 Å². The Balaban J connectivity index is 1.93. The van der Waals surface area contributed by atoms with Gasteiger partial charge in [0.25, 0.3) is 0 Å². The average molecular weight is 336 g/mol. The number of para-hydroxylation sites is 2. The fourth-order valence-electron chi connectivity index (χ4n) is 2.24. The van der Waals surface area contributed by atoms with E-state index in [0.717, 1.165) is 12.1 Å². The lowest BCUT2D eigenvalue weighted by Crippen LogP contribution is -2.21. The van der Waals surface area contributed by atoms with E-state index in [4.69, 9.17) is 0 Å². The van der Waals surface area contributed by atoms with Crippen molar-refractivity contribution in [2.24, 2.45) is 0 Å². The zero-order valence-electron chi connectivity index (χ0n) is 10.5. The summed E-state index contributed by atoms with van der Waals surface area (Å²) in [5.41, 5.74) is 3.51. The smallest absolute Gasteiger partial charge is 0.0958 e. The van der Waals surface area contributed by atoms with Crippen molar-refractivity contribution in [3.63, 3.8) is 0 Å². The molecule has 2 aromatic heterocycles. The van der Waals surface area contributed by atoms with Gasteiger partial charge in [-0.05, 0) is 46.1 Å². The van der Waals surface area contributed by atoms with Crippen LogP contribution >= 0.6 is 27.3 Å². The molecule has 0 bridgehead atoms. The molecule has 0 radical (unpaired) electrons. The molecular formula is C14H14BrN3S. The van der Waals surface area contributed by atoms with Gasteiger partial charge in [-0.2, -0.15) is 11.3 Å². The maximum absolute atomic E-state index is 4.44. The molecule has 0 spiro atoms. The van der Waals surface area contributed by atoms with Gasteiger partial charge < -0.3 is 9.88 Å². The van der Waals surface area contributed by atoms with Crippen molar-refractivity contribution in [2.45, 2.75) is 12.6 Å². The van der Waals surface area contributed by atoms with Crippen molar-refractivity contribution in [1.82, 2.24) is 14.9 Å². The van der Waals surface area contributed by atoms with Crippen molar-refractivity contribution in [3.05, 3.63) is 51.4 Å². The molecule has 1 unspecified atom stereocenters. The van der Waals surface area contributed by atoms with Gasteiger partial charge >= 0.3 is 0 Å². The number of likely N-dealkylation sites (N-methyl/N-ethyl adjacent to an activating group) is 1. The second kappa shape index (κ2) is 5.45. The lowest BCUT2D eigenvalue weighted by atomic mass is 10.1. The third kappa shape index (κ3) is 2.45. The van der Waals surface area contributed by atoms with Crippen molar-refractivity contribution in [2.75, 3.05) is 7.05 Å². The molecule has 5 heteroatoms. The number of hydrogen-bond donors (Lipinski definition) is 1. The summed E-state index contributed by atoms with van der Waals surface area (Å²) in [6.45, 7) is 0.867. The highest BCUT2D eigenvalue weighted by molar-refractivity contribution is 9.10. The van der Waals surface area contributed by atoms with Gasteiger partial charge in [0.2, 0.25) is 0 Å². The van der Waals surface area contributed by atoms with Gasteiger partial charge in [0.05, 0.1) is 23.4 Å². The third-order valence-electron chi connectivity index (χ3n) is 3.27. The lowest BCUT2D eigenvalue weighted by Gasteiger charge is -2.17. The van der Waals surface area contributed by atoms with Crippen molar-refractivity contribution in [3.8, 4) is 0 Å². The van der Waals surface area contributed by atoms with Crippen LogP contribution in [0.3, 0.4) is 0 Å². The molecule has 3 rings (SSSR count). The molecule has 3 aromatic rings. The highest BCUT2D eigenvalue weighted by Crippen LogP contribution is 2.28. The van der Waals surface area contributed by atoms with Crippen LogP contribution in [0.15, 0.2) is 45.8 Å². The van der Waals surface area contributed by atoms with E-state index >= 15 is 0 Å². The number of halogens is 1. The Morgan fingerprint density at radius 2 is 2.21 bits per heavy atom. The fraction of sp³-hybridized carbons (Fsp3) is 0.214. The van der Waals surface area contributed by atoms with Crippen LogP contribution in [0.1, 0.15) is 11.6 Å². The molecule has 1 N–H and O–H groups in total. The van der Waals surface area contributed by atoms with Crippen LogP contribution in [0.2, 0.25) is 0 Å². The number of benzene rings is 1. The van der Waals surface area contributed by atoms with Crippen LogP contribution in [0, 0.1) is 0 Å². The molecule has 0 saturated heterocycles. The summed E-state index contributed by atoms with van der Waals surface area (Å²) in [6.07, 6.45) is 1.91. The van der Waals surface area contributed by atoms with Crippen LogP contribution in [-0.2, 0) is 6.54 Å². The Morgan fingerprint density at radius 3 is 2.95 bits per heavy atom. The Morgan fingerprint density at radius 1 is 1.37 bits per heavy atom. The highest BCUT2D eigenvalue weighted by atomic mass is 79.9. The summed E-state index contributed by atoms with van der Waals surface area (Å²) in [7, 11) is 1.99. The zero-order valence-corrected chi connectivity index (χ0v) is 12.9. The van der Waals surface area contributed by atoms with Crippen molar-refractivity contribution >= 4 is 38.3 Å². The molecule has 1 atom stereocenters. The Hall–Kier alpha value is -1.17. The Kier molecular flexibility index (Phi) is 3.68. The first-order valence-corrected chi connectivity index (χ1v) is 7.82. The molecule has 1 aromatic carbocycles. The van der Waals surface area contributed by atoms with Gasteiger partial charge in [0.15, 0.2) is 0 Å². The number of rotatable bonds is 4. The monoisotopic (exact) mass is 335 g/mol. The van der Waals surface area contributed by atoms with E-state index in [2.05, 4.69) is 53.7 Å². The van der Waals surface area contributed by atoms with E-state index in [9.17, 15) is 0 Å². The van der Waals surface area contributed by atoms with Gasteiger partial charge in [0.1, 0.15) is 0 Å². The first-order valence-electron chi connectivity index (χ1n) is 6.08. The SMILES string of the molecule is CNC(Cn1cnc2ccccc21)c1cscc1Br. The maximum Gasteiger partial charge on any atom is 0.0958 e. The summed E-state index contributed by atoms with van der Waals surface area (Å²) in [6, 6.07) is 8.50. The van der Waals surface area contributed by atoms with Gasteiger partial charge in [0, 0.05) is 16.4 Å². The second-order valence-corrected chi connectivity index (χ2v) is 6.00. The summed E-state index contributed by atoms with van der Waals surface area (Å²) in [5, 5.41) is 7.68. The molecule has 0 amide bonds. The molecule has 2 heterocycles. The van der Waals surface area contributed by atoms with E-state index in [-0.39, 0.29) is 6.04 Å². The Labute approximate surface area is 124 Å². The molecule has 19 heavy (non-hydrogen) atoms. The van der Waals surface area contributed by atoms with E-state index in [1.54, 1.807) is 11.3 Å². The zero-order chi connectivity index (χ0) is 13.2. The molecule has 0 fully saturated rings. The molecule has 98 valence electrons. The summed E-state index contributed by atoms with van der Waals surface area (Å²) >= 11 is 5.32. The minimum Gasteiger partial charge on any atom is -0.329 e. The first-order chi connectivity index (χ1) is 9.29. The van der Waals surface area contributed by atoms with Crippen LogP contribution < -0.4 is 5.32 Å². The van der Waals surface area contributed by atoms with E-state index < -0.39 is 0 Å². The number of imidazole rings is 1. The topological polar surface area (TPSA) is 29.9 Å². The largest absolute Gasteiger partial charge is 0.329 e. The molecule has 0 saturated carbocycles. The molecule has 0 aliphatic carbocycles.